The summed E-state index contributed by atoms with van der Waals surface area (Å²) in [4.78, 5) is 37.3. The van der Waals surface area contributed by atoms with Crippen LogP contribution in [-0.2, 0) is 20.7 Å². The van der Waals surface area contributed by atoms with Gasteiger partial charge in [0.25, 0.3) is 5.91 Å². The Kier molecular flexibility index (Phi) is 6.93. The van der Waals surface area contributed by atoms with E-state index in [1.54, 1.807) is 18.2 Å². The highest BCUT2D eigenvalue weighted by Crippen LogP contribution is 2.17. The number of aryl methyl sites for hydroxylation is 1. The molecule has 0 fully saturated rings. The number of aromatic hydroxyl groups is 1. The van der Waals surface area contributed by atoms with Gasteiger partial charge in [-0.3, -0.25) is 9.59 Å². The van der Waals surface area contributed by atoms with Crippen molar-refractivity contribution in [2.45, 2.75) is 13.3 Å². The van der Waals surface area contributed by atoms with Crippen LogP contribution in [0.25, 0.3) is 0 Å². The van der Waals surface area contributed by atoms with Gasteiger partial charge in [0.1, 0.15) is 11.3 Å². The van der Waals surface area contributed by atoms with Crippen LogP contribution in [0.5, 0.6) is 5.75 Å². The topological polar surface area (TPSA) is 95.9 Å². The summed E-state index contributed by atoms with van der Waals surface area (Å²) in [6, 6.07) is 13.3. The highest BCUT2D eigenvalue weighted by atomic mass is 16.5. The Labute approximate surface area is 157 Å². The molecule has 0 bridgehead atoms. The first-order chi connectivity index (χ1) is 12.9. The normalized spacial score (nSPS) is 10.1. The number of esters is 1. The zero-order chi connectivity index (χ0) is 19.8. The van der Waals surface area contributed by atoms with E-state index in [1.165, 1.54) is 24.1 Å². The maximum absolute atomic E-state index is 12.2. The van der Waals surface area contributed by atoms with E-state index in [-0.39, 0.29) is 23.8 Å². The highest BCUT2D eigenvalue weighted by Gasteiger charge is 2.18. The van der Waals surface area contributed by atoms with Crippen LogP contribution >= 0.6 is 0 Å². The number of para-hydroxylation sites is 2. The lowest BCUT2D eigenvalue weighted by Crippen LogP contribution is -2.37. The van der Waals surface area contributed by atoms with Crippen molar-refractivity contribution in [3.05, 3.63) is 59.7 Å². The Morgan fingerprint density at radius 2 is 1.74 bits per heavy atom. The van der Waals surface area contributed by atoms with Crippen LogP contribution in [0, 0.1) is 0 Å². The molecule has 0 saturated heterocycles. The second kappa shape index (κ2) is 9.38. The van der Waals surface area contributed by atoms with Gasteiger partial charge in [-0.1, -0.05) is 37.3 Å². The van der Waals surface area contributed by atoms with Gasteiger partial charge in [0.05, 0.1) is 6.54 Å². The summed E-state index contributed by atoms with van der Waals surface area (Å²) in [5.41, 5.74) is 1.68. The van der Waals surface area contributed by atoms with E-state index in [9.17, 15) is 19.5 Å². The van der Waals surface area contributed by atoms with Gasteiger partial charge in [-0.15, -0.1) is 0 Å². The molecule has 7 heteroatoms. The number of rotatable bonds is 7. The van der Waals surface area contributed by atoms with Crippen molar-refractivity contribution in [2.75, 3.05) is 25.5 Å². The van der Waals surface area contributed by atoms with E-state index in [1.807, 2.05) is 25.1 Å². The third-order valence-electron chi connectivity index (χ3n) is 3.93. The van der Waals surface area contributed by atoms with Gasteiger partial charge in [-0.25, -0.2) is 4.79 Å². The predicted octanol–water partition coefficient (Wildman–Crippen LogP) is 2.21. The second-order valence-corrected chi connectivity index (χ2v) is 5.90. The van der Waals surface area contributed by atoms with Crippen LogP contribution in [0.4, 0.5) is 5.69 Å². The number of nitrogens with zero attached hydrogens (tertiary/aromatic N) is 1. The number of phenolic OH excluding ortho intramolecular Hbond substituents is 1. The molecule has 27 heavy (non-hydrogen) atoms. The van der Waals surface area contributed by atoms with Crippen molar-refractivity contribution in [3.8, 4) is 5.75 Å². The van der Waals surface area contributed by atoms with Gasteiger partial charge in [0.2, 0.25) is 5.91 Å². The number of nitrogens with one attached hydrogen (secondary N) is 1. The Bertz CT molecular complexity index is 835. The highest BCUT2D eigenvalue weighted by molar-refractivity contribution is 5.96. The largest absolute Gasteiger partial charge is 0.507 e. The van der Waals surface area contributed by atoms with Gasteiger partial charge in [0.15, 0.2) is 6.61 Å². The number of anilines is 1. The van der Waals surface area contributed by atoms with Crippen molar-refractivity contribution < 1.29 is 24.2 Å². The van der Waals surface area contributed by atoms with E-state index in [0.29, 0.717) is 5.69 Å². The van der Waals surface area contributed by atoms with E-state index >= 15 is 0 Å². The van der Waals surface area contributed by atoms with Crippen molar-refractivity contribution in [1.82, 2.24) is 4.90 Å². The van der Waals surface area contributed by atoms with Crippen LogP contribution in [0.1, 0.15) is 22.8 Å². The van der Waals surface area contributed by atoms with Crippen molar-refractivity contribution >= 4 is 23.5 Å². The molecule has 0 heterocycles. The van der Waals surface area contributed by atoms with Crippen LogP contribution in [0.15, 0.2) is 48.5 Å². The molecule has 142 valence electrons. The van der Waals surface area contributed by atoms with Gasteiger partial charge in [0, 0.05) is 12.7 Å². The molecule has 0 aromatic heterocycles. The van der Waals surface area contributed by atoms with Gasteiger partial charge >= 0.3 is 5.97 Å². The number of phenols is 1. The average molecular weight is 370 g/mol. The number of carbonyl (C=O) groups is 3. The van der Waals surface area contributed by atoms with Gasteiger partial charge < -0.3 is 20.1 Å². The van der Waals surface area contributed by atoms with E-state index in [0.717, 1.165) is 12.0 Å². The molecular formula is C20H22N2O5. The summed E-state index contributed by atoms with van der Waals surface area (Å²) < 4.78 is 4.91. The summed E-state index contributed by atoms with van der Waals surface area (Å²) in [5, 5.41) is 12.4. The summed E-state index contributed by atoms with van der Waals surface area (Å²) in [6.45, 7) is 1.28. The number of likely N-dealkylation sites (N-methyl/N-ethyl adjacent to an activating group) is 1. The molecule has 2 amide bonds. The fourth-order valence-corrected chi connectivity index (χ4v) is 2.41. The van der Waals surface area contributed by atoms with E-state index < -0.39 is 18.5 Å². The van der Waals surface area contributed by atoms with Crippen molar-refractivity contribution in [2.24, 2.45) is 0 Å². The molecular weight excluding hydrogens is 348 g/mol. The zero-order valence-electron chi connectivity index (χ0n) is 15.3. The maximum Gasteiger partial charge on any atom is 0.342 e. The summed E-state index contributed by atoms with van der Waals surface area (Å²) in [5.74, 6) is -1.91. The molecule has 2 rings (SSSR count). The molecule has 0 unspecified atom stereocenters. The predicted molar refractivity (Wildman–Crippen MR) is 100 cm³/mol. The summed E-state index contributed by atoms with van der Waals surface area (Å²) >= 11 is 0. The first kappa shape index (κ1) is 20.0. The van der Waals surface area contributed by atoms with Crippen LogP contribution in [-0.4, -0.2) is 48.0 Å². The lowest BCUT2D eigenvalue weighted by atomic mass is 10.1. The molecule has 7 nitrogen and oxygen atoms in total. The maximum atomic E-state index is 12.2. The first-order valence-corrected chi connectivity index (χ1v) is 8.49. The van der Waals surface area contributed by atoms with Crippen LogP contribution < -0.4 is 5.32 Å². The molecule has 0 aliphatic carbocycles. The molecule has 0 aliphatic rings. The number of benzene rings is 2. The van der Waals surface area contributed by atoms with Crippen LogP contribution in [0.2, 0.25) is 0 Å². The minimum atomic E-state index is -0.809. The number of ether oxygens (including phenoxy) is 1. The number of carbonyl (C=O) groups excluding carboxylic acids is 3. The van der Waals surface area contributed by atoms with E-state index in [4.69, 9.17) is 4.74 Å². The third-order valence-corrected chi connectivity index (χ3v) is 3.93. The molecule has 2 aromatic carbocycles. The SMILES string of the molecule is CCc1ccccc1NC(=O)CN(C)C(=O)COC(=O)c1ccccc1O. The number of amides is 2. The van der Waals surface area contributed by atoms with Gasteiger partial charge in [-0.05, 0) is 30.2 Å². The fourth-order valence-electron chi connectivity index (χ4n) is 2.41. The Morgan fingerprint density at radius 3 is 2.44 bits per heavy atom. The quantitative estimate of drug-likeness (QED) is 0.729. The summed E-state index contributed by atoms with van der Waals surface area (Å²) in [6.07, 6.45) is 0.771. The lowest BCUT2D eigenvalue weighted by molar-refractivity contribution is -0.136. The first-order valence-electron chi connectivity index (χ1n) is 8.49. The van der Waals surface area contributed by atoms with Crippen molar-refractivity contribution in [1.29, 1.82) is 0 Å². The Morgan fingerprint density at radius 1 is 1.07 bits per heavy atom. The molecule has 2 N–H and O–H groups in total. The minimum absolute atomic E-state index is 0.0260. The fraction of sp³-hybridized carbons (Fsp3) is 0.250. The zero-order valence-corrected chi connectivity index (χ0v) is 15.3. The molecule has 0 atom stereocenters. The Balaban J connectivity index is 1.85. The van der Waals surface area contributed by atoms with Crippen molar-refractivity contribution in [3.63, 3.8) is 0 Å². The average Bonchev–Trinajstić information content (AvgIpc) is 2.66. The number of hydrogen-bond donors (Lipinski definition) is 2. The molecule has 0 saturated carbocycles. The summed E-state index contributed by atoms with van der Waals surface area (Å²) in [7, 11) is 1.45. The lowest BCUT2D eigenvalue weighted by Gasteiger charge is -2.17. The standard InChI is InChI=1S/C20H22N2O5/c1-3-14-8-4-6-10-16(14)21-18(24)12-22(2)19(25)13-27-20(26)15-9-5-7-11-17(15)23/h4-11,23H,3,12-13H2,1-2H3,(H,21,24). The molecule has 0 spiro atoms. The Hall–Kier alpha value is -3.35. The number of hydrogen-bond acceptors (Lipinski definition) is 5. The van der Waals surface area contributed by atoms with E-state index in [2.05, 4.69) is 5.32 Å². The molecule has 0 radical (unpaired) electrons. The minimum Gasteiger partial charge on any atom is -0.507 e. The molecule has 2 aromatic rings. The molecule has 0 aliphatic heterocycles. The van der Waals surface area contributed by atoms with Crippen LogP contribution in [0.3, 0.4) is 0 Å². The smallest absolute Gasteiger partial charge is 0.342 e. The van der Waals surface area contributed by atoms with Gasteiger partial charge in [-0.2, -0.15) is 0 Å². The third kappa shape index (κ3) is 5.57. The monoisotopic (exact) mass is 370 g/mol. The second-order valence-electron chi connectivity index (χ2n) is 5.90.